The van der Waals surface area contributed by atoms with E-state index < -0.39 is 18.4 Å². The van der Waals surface area contributed by atoms with Crippen LogP contribution in [0.15, 0.2) is 0 Å². The zero-order valence-electron chi connectivity index (χ0n) is 12.1. The predicted octanol–water partition coefficient (Wildman–Crippen LogP) is 4.53. The van der Waals surface area contributed by atoms with Gasteiger partial charge in [0.25, 0.3) is 0 Å². The van der Waals surface area contributed by atoms with Crippen LogP contribution in [-0.2, 0) is 9.47 Å². The SMILES string of the molecule is CC(C)(C)CC[C@@H](COC1CCCCO1)C(F)(F)F. The zero-order valence-corrected chi connectivity index (χ0v) is 12.1. The summed E-state index contributed by atoms with van der Waals surface area (Å²) in [4.78, 5) is 0. The average Bonchev–Trinajstić information content (AvgIpc) is 2.27. The maximum atomic E-state index is 12.9. The molecule has 1 aliphatic heterocycles. The number of hydrogen-bond acceptors (Lipinski definition) is 2. The van der Waals surface area contributed by atoms with Gasteiger partial charge in [0.2, 0.25) is 0 Å². The molecule has 0 bridgehead atoms. The highest BCUT2D eigenvalue weighted by Gasteiger charge is 2.40. The van der Waals surface area contributed by atoms with Gasteiger partial charge < -0.3 is 9.47 Å². The van der Waals surface area contributed by atoms with Gasteiger partial charge in [-0.1, -0.05) is 20.8 Å². The minimum absolute atomic E-state index is 0.0924. The van der Waals surface area contributed by atoms with E-state index in [9.17, 15) is 13.2 Å². The van der Waals surface area contributed by atoms with Crippen LogP contribution in [0.2, 0.25) is 0 Å². The first-order valence-electron chi connectivity index (χ1n) is 6.98. The topological polar surface area (TPSA) is 18.5 Å². The second-order valence-corrected chi connectivity index (χ2v) is 6.47. The molecule has 0 amide bonds. The number of rotatable bonds is 5. The van der Waals surface area contributed by atoms with Crippen molar-refractivity contribution in [3.63, 3.8) is 0 Å². The molecule has 0 saturated carbocycles. The summed E-state index contributed by atoms with van der Waals surface area (Å²) in [5.41, 5.74) is -0.0924. The van der Waals surface area contributed by atoms with Gasteiger partial charge in [0.15, 0.2) is 6.29 Å². The van der Waals surface area contributed by atoms with Crippen molar-refractivity contribution in [3.8, 4) is 0 Å². The Balaban J connectivity index is 2.41. The van der Waals surface area contributed by atoms with Crippen LogP contribution in [0.1, 0.15) is 52.9 Å². The Morgan fingerprint density at radius 1 is 1.21 bits per heavy atom. The molecule has 5 heteroatoms. The summed E-state index contributed by atoms with van der Waals surface area (Å²) in [5.74, 6) is -1.39. The molecule has 114 valence electrons. The van der Waals surface area contributed by atoms with Crippen molar-refractivity contribution in [1.82, 2.24) is 0 Å². The quantitative estimate of drug-likeness (QED) is 0.737. The summed E-state index contributed by atoms with van der Waals surface area (Å²) in [6.45, 7) is 6.15. The van der Waals surface area contributed by atoms with Crippen LogP contribution in [0.4, 0.5) is 13.2 Å². The fourth-order valence-corrected chi connectivity index (χ4v) is 2.01. The number of halogens is 3. The highest BCUT2D eigenvalue weighted by Crippen LogP contribution is 2.34. The Bertz CT molecular complexity index is 252. The molecule has 1 heterocycles. The maximum Gasteiger partial charge on any atom is 0.394 e. The minimum atomic E-state index is -4.19. The molecule has 0 aromatic carbocycles. The van der Waals surface area contributed by atoms with Crippen LogP contribution >= 0.6 is 0 Å². The molecule has 1 aliphatic rings. The summed E-state index contributed by atoms with van der Waals surface area (Å²) in [6, 6.07) is 0. The minimum Gasteiger partial charge on any atom is -0.353 e. The van der Waals surface area contributed by atoms with E-state index in [1.165, 1.54) is 0 Å². The predicted molar refractivity (Wildman–Crippen MR) is 67.8 cm³/mol. The number of hydrogen-bond donors (Lipinski definition) is 0. The van der Waals surface area contributed by atoms with Crippen molar-refractivity contribution in [2.45, 2.75) is 65.3 Å². The fraction of sp³-hybridized carbons (Fsp3) is 1.00. The van der Waals surface area contributed by atoms with E-state index in [4.69, 9.17) is 9.47 Å². The molecule has 2 nitrogen and oxygen atoms in total. The highest BCUT2D eigenvalue weighted by molar-refractivity contribution is 4.72. The molecule has 1 fully saturated rings. The van der Waals surface area contributed by atoms with E-state index in [0.717, 1.165) is 12.8 Å². The van der Waals surface area contributed by atoms with Crippen LogP contribution in [-0.4, -0.2) is 25.7 Å². The maximum absolute atomic E-state index is 12.9. The van der Waals surface area contributed by atoms with Crippen molar-refractivity contribution in [2.24, 2.45) is 11.3 Å². The lowest BCUT2D eigenvalue weighted by molar-refractivity contribution is -0.223. The Kier molecular flexibility index (Phi) is 6.12. The van der Waals surface area contributed by atoms with Crippen molar-refractivity contribution in [2.75, 3.05) is 13.2 Å². The Morgan fingerprint density at radius 3 is 2.37 bits per heavy atom. The fourth-order valence-electron chi connectivity index (χ4n) is 2.01. The molecular formula is C14H25F3O2. The molecule has 19 heavy (non-hydrogen) atoms. The van der Waals surface area contributed by atoms with Crippen LogP contribution in [0, 0.1) is 11.3 Å². The van der Waals surface area contributed by atoms with Crippen LogP contribution in [0.5, 0.6) is 0 Å². The highest BCUT2D eigenvalue weighted by atomic mass is 19.4. The van der Waals surface area contributed by atoms with E-state index >= 15 is 0 Å². The molecule has 0 spiro atoms. The average molecular weight is 282 g/mol. The Hall–Kier alpha value is -0.290. The van der Waals surface area contributed by atoms with E-state index in [0.29, 0.717) is 19.4 Å². The molecule has 0 radical (unpaired) electrons. The number of alkyl halides is 3. The number of ether oxygens (including phenoxy) is 2. The monoisotopic (exact) mass is 282 g/mol. The molecular weight excluding hydrogens is 257 g/mol. The van der Waals surface area contributed by atoms with Crippen LogP contribution < -0.4 is 0 Å². The molecule has 0 N–H and O–H groups in total. The van der Waals surface area contributed by atoms with Crippen LogP contribution in [0.25, 0.3) is 0 Å². The molecule has 1 unspecified atom stereocenters. The van der Waals surface area contributed by atoms with Crippen molar-refractivity contribution in [3.05, 3.63) is 0 Å². The molecule has 0 aliphatic carbocycles. The normalized spacial score (nSPS) is 23.4. The van der Waals surface area contributed by atoms with E-state index in [1.807, 2.05) is 20.8 Å². The first kappa shape index (κ1) is 16.8. The third-order valence-electron chi connectivity index (χ3n) is 3.33. The third kappa shape index (κ3) is 7.16. The molecule has 1 rings (SSSR count). The smallest absolute Gasteiger partial charge is 0.353 e. The summed E-state index contributed by atoms with van der Waals surface area (Å²) < 4.78 is 49.4. The second-order valence-electron chi connectivity index (χ2n) is 6.47. The summed E-state index contributed by atoms with van der Waals surface area (Å²) in [5, 5.41) is 0. The van der Waals surface area contributed by atoms with E-state index in [2.05, 4.69) is 0 Å². The molecule has 2 atom stereocenters. The van der Waals surface area contributed by atoms with Gasteiger partial charge in [0, 0.05) is 6.61 Å². The van der Waals surface area contributed by atoms with Crippen LogP contribution in [0.3, 0.4) is 0 Å². The Morgan fingerprint density at radius 2 is 1.89 bits per heavy atom. The van der Waals surface area contributed by atoms with E-state index in [1.54, 1.807) is 0 Å². The molecule has 0 aromatic heterocycles. The lowest BCUT2D eigenvalue weighted by Gasteiger charge is -2.28. The van der Waals surface area contributed by atoms with Crippen molar-refractivity contribution < 1.29 is 22.6 Å². The Labute approximate surface area is 113 Å². The molecule has 0 aromatic rings. The summed E-state index contributed by atoms with van der Waals surface area (Å²) in [7, 11) is 0. The zero-order chi connectivity index (χ0) is 14.5. The third-order valence-corrected chi connectivity index (χ3v) is 3.33. The lowest BCUT2D eigenvalue weighted by Crippen LogP contribution is -2.32. The van der Waals surface area contributed by atoms with Gasteiger partial charge in [-0.15, -0.1) is 0 Å². The standard InChI is InChI=1S/C14H25F3O2/c1-13(2,3)8-7-11(14(15,16)17)10-19-12-6-4-5-9-18-12/h11-12H,4-10H2,1-3H3/t11-,12?/m0/s1. The first-order chi connectivity index (χ1) is 8.68. The molecule has 1 saturated heterocycles. The van der Waals surface area contributed by atoms with Gasteiger partial charge in [-0.2, -0.15) is 13.2 Å². The lowest BCUT2D eigenvalue weighted by atomic mass is 9.86. The van der Waals surface area contributed by atoms with Gasteiger partial charge in [0.05, 0.1) is 12.5 Å². The van der Waals surface area contributed by atoms with Gasteiger partial charge in [0.1, 0.15) is 0 Å². The van der Waals surface area contributed by atoms with Gasteiger partial charge in [-0.25, -0.2) is 0 Å². The van der Waals surface area contributed by atoms with Gasteiger partial charge in [-0.05, 0) is 37.5 Å². The van der Waals surface area contributed by atoms with E-state index in [-0.39, 0.29) is 18.4 Å². The van der Waals surface area contributed by atoms with Gasteiger partial charge in [-0.3, -0.25) is 0 Å². The van der Waals surface area contributed by atoms with Gasteiger partial charge >= 0.3 is 6.18 Å². The largest absolute Gasteiger partial charge is 0.394 e. The summed E-state index contributed by atoms with van der Waals surface area (Å²) >= 11 is 0. The second kappa shape index (κ2) is 6.93. The first-order valence-corrected chi connectivity index (χ1v) is 6.98. The summed E-state index contributed by atoms with van der Waals surface area (Å²) in [6.07, 6.45) is -1.38. The van der Waals surface area contributed by atoms with Crippen molar-refractivity contribution in [1.29, 1.82) is 0 Å². The van der Waals surface area contributed by atoms with Crippen molar-refractivity contribution >= 4 is 0 Å².